The minimum atomic E-state index is -0.0962. The van der Waals surface area contributed by atoms with Crippen LogP contribution in [-0.2, 0) is 11.3 Å². The van der Waals surface area contributed by atoms with Crippen molar-refractivity contribution in [2.24, 2.45) is 5.41 Å². The van der Waals surface area contributed by atoms with Crippen molar-refractivity contribution in [2.75, 3.05) is 26.4 Å². The summed E-state index contributed by atoms with van der Waals surface area (Å²) in [4.78, 5) is 4.36. The molecule has 2 aromatic heterocycles. The van der Waals surface area contributed by atoms with Gasteiger partial charge in [0.15, 0.2) is 0 Å². The zero-order chi connectivity index (χ0) is 13.3. The monoisotopic (exact) mass is 325 g/mol. The van der Waals surface area contributed by atoms with Gasteiger partial charge >= 0.3 is 0 Å². The molecule has 0 aromatic carbocycles. The van der Waals surface area contributed by atoms with Gasteiger partial charge in [0, 0.05) is 23.8 Å². The van der Waals surface area contributed by atoms with Crippen LogP contribution < -0.4 is 5.32 Å². The van der Waals surface area contributed by atoms with Gasteiger partial charge in [-0.1, -0.05) is 0 Å². The first kappa shape index (κ1) is 13.1. The predicted molar refractivity (Wildman–Crippen MR) is 74.9 cm³/mol. The highest BCUT2D eigenvalue weighted by atomic mass is 79.9. The highest BCUT2D eigenvalue weighted by Crippen LogP contribution is 2.25. The van der Waals surface area contributed by atoms with Crippen LogP contribution in [0.25, 0.3) is 5.65 Å². The molecule has 3 rings (SSSR count). The molecule has 0 spiro atoms. The first-order valence-corrected chi connectivity index (χ1v) is 7.03. The molecule has 0 amide bonds. The molecule has 1 saturated heterocycles. The number of ether oxygens (including phenoxy) is 1. The number of nitrogens with one attached hydrogen (secondary N) is 1. The average Bonchev–Trinajstić information content (AvgIpc) is 2.75. The smallest absolute Gasteiger partial charge is 0.136 e. The minimum absolute atomic E-state index is 0.0962. The second-order valence-electron chi connectivity index (χ2n) is 5.08. The fourth-order valence-corrected chi connectivity index (χ4v) is 2.57. The molecular weight excluding hydrogens is 310 g/mol. The number of fused-ring (bicyclic) bond motifs is 1. The number of aliphatic hydroxyl groups is 1. The van der Waals surface area contributed by atoms with Crippen molar-refractivity contribution in [2.45, 2.75) is 6.54 Å². The molecule has 19 heavy (non-hydrogen) atoms. The van der Waals surface area contributed by atoms with E-state index in [2.05, 4.69) is 30.6 Å². The Morgan fingerprint density at radius 3 is 3.00 bits per heavy atom. The Hall–Kier alpha value is -0.950. The standard InChI is InChI=1S/C13H16BrN3O2/c14-10-1-2-12-16-4-11(17(12)5-10)3-15-6-13(7-18)8-19-9-13/h1-2,4-5,15,18H,3,6-9H2. The van der Waals surface area contributed by atoms with Gasteiger partial charge in [0.2, 0.25) is 0 Å². The predicted octanol–water partition coefficient (Wildman–Crippen LogP) is 1.20. The lowest BCUT2D eigenvalue weighted by Gasteiger charge is -2.40. The van der Waals surface area contributed by atoms with E-state index >= 15 is 0 Å². The summed E-state index contributed by atoms with van der Waals surface area (Å²) in [6, 6.07) is 3.95. The SMILES string of the molecule is OCC1(CNCc2cnc3ccc(Br)cn23)COC1. The molecule has 0 saturated carbocycles. The number of halogens is 1. The van der Waals surface area contributed by atoms with E-state index < -0.39 is 0 Å². The lowest BCUT2D eigenvalue weighted by Crippen LogP contribution is -2.52. The van der Waals surface area contributed by atoms with Gasteiger partial charge in [0.25, 0.3) is 0 Å². The fraction of sp³-hybridized carbons (Fsp3) is 0.462. The van der Waals surface area contributed by atoms with E-state index in [0.717, 1.165) is 28.9 Å². The minimum Gasteiger partial charge on any atom is -0.396 e. The molecule has 0 atom stereocenters. The zero-order valence-electron chi connectivity index (χ0n) is 10.5. The van der Waals surface area contributed by atoms with Crippen LogP contribution in [0.1, 0.15) is 5.69 Å². The Morgan fingerprint density at radius 1 is 1.47 bits per heavy atom. The maximum atomic E-state index is 9.36. The zero-order valence-corrected chi connectivity index (χ0v) is 12.1. The van der Waals surface area contributed by atoms with Gasteiger partial charge in [0.05, 0.1) is 37.1 Å². The lowest BCUT2D eigenvalue weighted by atomic mass is 9.87. The molecule has 0 unspecified atom stereocenters. The molecule has 2 N–H and O–H groups in total. The number of nitrogens with zero attached hydrogens (tertiary/aromatic N) is 2. The van der Waals surface area contributed by atoms with Gasteiger partial charge in [0.1, 0.15) is 5.65 Å². The van der Waals surface area contributed by atoms with Crippen molar-refractivity contribution in [3.8, 4) is 0 Å². The van der Waals surface area contributed by atoms with Crippen LogP contribution in [0.2, 0.25) is 0 Å². The van der Waals surface area contributed by atoms with E-state index in [1.54, 1.807) is 0 Å². The first-order chi connectivity index (χ1) is 9.22. The van der Waals surface area contributed by atoms with Gasteiger partial charge in [-0.05, 0) is 28.1 Å². The molecule has 1 aliphatic rings. The topological polar surface area (TPSA) is 58.8 Å². The maximum absolute atomic E-state index is 9.36. The summed E-state index contributed by atoms with van der Waals surface area (Å²) in [7, 11) is 0. The number of rotatable bonds is 5. The molecule has 2 aromatic rings. The van der Waals surface area contributed by atoms with Crippen LogP contribution >= 0.6 is 15.9 Å². The van der Waals surface area contributed by atoms with Crippen molar-refractivity contribution in [1.82, 2.24) is 14.7 Å². The summed E-state index contributed by atoms with van der Waals surface area (Å²) in [5.41, 5.74) is 1.94. The van der Waals surface area contributed by atoms with E-state index in [4.69, 9.17) is 4.74 Å². The molecule has 1 aliphatic heterocycles. The van der Waals surface area contributed by atoms with E-state index in [0.29, 0.717) is 13.2 Å². The quantitative estimate of drug-likeness (QED) is 0.867. The third-order valence-corrected chi connectivity index (χ3v) is 3.97. The summed E-state index contributed by atoms with van der Waals surface area (Å²) in [6.07, 6.45) is 3.88. The second-order valence-corrected chi connectivity index (χ2v) is 6.00. The highest BCUT2D eigenvalue weighted by Gasteiger charge is 2.37. The lowest BCUT2D eigenvalue weighted by molar-refractivity contribution is -0.134. The number of aliphatic hydroxyl groups excluding tert-OH is 1. The number of pyridine rings is 1. The molecule has 0 bridgehead atoms. The first-order valence-electron chi connectivity index (χ1n) is 6.23. The Morgan fingerprint density at radius 2 is 2.32 bits per heavy atom. The van der Waals surface area contributed by atoms with Gasteiger partial charge < -0.3 is 19.6 Å². The summed E-state index contributed by atoms with van der Waals surface area (Å²) in [5, 5.41) is 12.7. The Bertz CT molecular complexity index is 575. The van der Waals surface area contributed by atoms with Gasteiger partial charge in [-0.2, -0.15) is 0 Å². The largest absolute Gasteiger partial charge is 0.396 e. The third-order valence-electron chi connectivity index (χ3n) is 3.50. The van der Waals surface area contributed by atoms with Gasteiger partial charge in [-0.3, -0.25) is 0 Å². The maximum Gasteiger partial charge on any atom is 0.136 e. The summed E-state index contributed by atoms with van der Waals surface area (Å²) in [5.74, 6) is 0. The third kappa shape index (κ3) is 2.53. The van der Waals surface area contributed by atoms with E-state index in [1.165, 1.54) is 0 Å². The Balaban J connectivity index is 1.67. The van der Waals surface area contributed by atoms with Crippen LogP contribution in [0.4, 0.5) is 0 Å². The van der Waals surface area contributed by atoms with Crippen LogP contribution in [0.15, 0.2) is 29.0 Å². The van der Waals surface area contributed by atoms with E-state index in [9.17, 15) is 5.11 Å². The fourth-order valence-electron chi connectivity index (χ4n) is 2.23. The summed E-state index contributed by atoms with van der Waals surface area (Å²) < 4.78 is 8.26. The van der Waals surface area contributed by atoms with Crippen LogP contribution in [0.3, 0.4) is 0 Å². The van der Waals surface area contributed by atoms with Gasteiger partial charge in [-0.25, -0.2) is 4.98 Å². The molecule has 0 aliphatic carbocycles. The molecule has 6 heteroatoms. The van der Waals surface area contributed by atoms with Crippen molar-refractivity contribution in [3.05, 3.63) is 34.7 Å². The number of hydrogen-bond acceptors (Lipinski definition) is 4. The number of imidazole rings is 1. The number of hydrogen-bond donors (Lipinski definition) is 2. The van der Waals surface area contributed by atoms with Gasteiger partial charge in [-0.15, -0.1) is 0 Å². The summed E-state index contributed by atoms with van der Waals surface area (Å²) in [6.45, 7) is 2.91. The van der Waals surface area contributed by atoms with Crippen LogP contribution in [0, 0.1) is 5.41 Å². The van der Waals surface area contributed by atoms with Crippen molar-refractivity contribution in [3.63, 3.8) is 0 Å². The van der Waals surface area contributed by atoms with E-state index in [1.807, 2.05) is 24.5 Å². The Labute approximate surface area is 119 Å². The van der Waals surface area contributed by atoms with Crippen molar-refractivity contribution < 1.29 is 9.84 Å². The Kier molecular flexibility index (Phi) is 3.58. The normalized spacial score (nSPS) is 17.6. The summed E-state index contributed by atoms with van der Waals surface area (Å²) >= 11 is 3.46. The molecule has 1 fully saturated rings. The van der Waals surface area contributed by atoms with Crippen LogP contribution in [0.5, 0.6) is 0 Å². The average molecular weight is 326 g/mol. The molecule has 5 nitrogen and oxygen atoms in total. The van der Waals surface area contributed by atoms with Crippen LogP contribution in [-0.4, -0.2) is 40.9 Å². The molecule has 0 radical (unpaired) electrons. The van der Waals surface area contributed by atoms with Crippen molar-refractivity contribution >= 4 is 21.6 Å². The second kappa shape index (κ2) is 5.20. The number of aromatic nitrogens is 2. The molecular formula is C13H16BrN3O2. The highest BCUT2D eigenvalue weighted by molar-refractivity contribution is 9.10. The molecule has 102 valence electrons. The van der Waals surface area contributed by atoms with E-state index in [-0.39, 0.29) is 12.0 Å². The van der Waals surface area contributed by atoms with Crippen molar-refractivity contribution in [1.29, 1.82) is 0 Å². The molecule has 3 heterocycles.